The van der Waals surface area contributed by atoms with Gasteiger partial charge < -0.3 is 36.0 Å². The number of anilines is 2. The number of pyridine rings is 1. The number of hydrogen-bond acceptors (Lipinski definition) is 13. The molecule has 3 heterocycles. The first-order chi connectivity index (χ1) is 21.8. The van der Waals surface area contributed by atoms with Crippen LogP contribution in [0, 0.1) is 0 Å². The number of hydrazine groups is 3. The van der Waals surface area contributed by atoms with Gasteiger partial charge in [-0.1, -0.05) is 0 Å². The summed E-state index contributed by atoms with van der Waals surface area (Å²) >= 11 is 0. The van der Waals surface area contributed by atoms with E-state index in [-0.39, 0.29) is 34.1 Å². The highest BCUT2D eigenvalue weighted by Gasteiger charge is 2.26. The lowest BCUT2D eigenvalue weighted by Gasteiger charge is -2.32. The van der Waals surface area contributed by atoms with Gasteiger partial charge in [0, 0.05) is 57.1 Å². The van der Waals surface area contributed by atoms with E-state index in [2.05, 4.69) is 10.4 Å². The number of aromatic nitrogens is 1. The monoisotopic (exact) mass is 631 g/mol. The van der Waals surface area contributed by atoms with Gasteiger partial charge in [-0.3, -0.25) is 19.8 Å². The Labute approximate surface area is 263 Å². The van der Waals surface area contributed by atoms with Gasteiger partial charge in [0.2, 0.25) is 0 Å². The summed E-state index contributed by atoms with van der Waals surface area (Å²) < 4.78 is 0. The number of nitrogens with two attached hydrogens (primary N) is 2. The van der Waals surface area contributed by atoms with E-state index < -0.39 is 23.4 Å². The van der Waals surface area contributed by atoms with E-state index >= 15 is 0 Å². The third-order valence-corrected chi connectivity index (χ3v) is 7.57. The van der Waals surface area contributed by atoms with Crippen molar-refractivity contribution in [1.82, 2.24) is 25.3 Å². The molecule has 0 spiro atoms. The smallest absolute Gasteiger partial charge is 0.339 e. The van der Waals surface area contributed by atoms with Crippen LogP contribution >= 0.6 is 0 Å². The molecule has 1 amide bonds. The molecule has 2 aliphatic rings. The molecular formula is C30H33N9O7. The Hall–Kier alpha value is -5.84. The second-order valence-corrected chi connectivity index (χ2v) is 10.8. The van der Waals surface area contributed by atoms with Crippen LogP contribution in [0.3, 0.4) is 0 Å². The second kappa shape index (κ2) is 12.6. The lowest BCUT2D eigenvalue weighted by atomic mass is 10.1. The van der Waals surface area contributed by atoms with Gasteiger partial charge in [-0.15, -0.1) is 5.53 Å². The van der Waals surface area contributed by atoms with Crippen LogP contribution in [0.25, 0.3) is 11.4 Å². The second-order valence-electron chi connectivity index (χ2n) is 10.8. The van der Waals surface area contributed by atoms with Crippen LogP contribution in [-0.2, 0) is 0 Å². The van der Waals surface area contributed by atoms with Gasteiger partial charge >= 0.3 is 11.9 Å². The average Bonchev–Trinajstić information content (AvgIpc) is 3.41. The molecule has 1 aromatic heterocycles. The number of benzene rings is 2. The zero-order chi connectivity index (χ0) is 33.3. The topological polar surface area (TPSA) is 225 Å². The number of phenols is 2. The number of rotatable bonds is 8. The molecule has 46 heavy (non-hydrogen) atoms. The van der Waals surface area contributed by atoms with Gasteiger partial charge in [-0.05, 0) is 43.4 Å². The van der Waals surface area contributed by atoms with Gasteiger partial charge in [0.25, 0.3) is 5.91 Å². The molecule has 9 N–H and O–H groups in total. The molecule has 5 rings (SSSR count). The molecule has 2 aromatic carbocycles. The van der Waals surface area contributed by atoms with Gasteiger partial charge in [-0.2, -0.15) is 0 Å². The Morgan fingerprint density at radius 2 is 1.54 bits per heavy atom. The fraction of sp³-hybridized carbons (Fsp3) is 0.200. The number of nitrogens with zero attached hydrogens (tertiary/aromatic N) is 6. The van der Waals surface area contributed by atoms with Crippen molar-refractivity contribution in [1.29, 1.82) is 0 Å². The molecule has 0 atom stereocenters. The average molecular weight is 632 g/mol. The highest BCUT2D eigenvalue weighted by atomic mass is 16.4. The lowest BCUT2D eigenvalue weighted by Crippen LogP contribution is -2.47. The number of carboxylic acids is 2. The number of carbonyl (C=O) groups excluding carboxylic acids is 1. The first-order valence-electron chi connectivity index (χ1n) is 14.0. The summed E-state index contributed by atoms with van der Waals surface area (Å²) in [5, 5.41) is 43.0. The minimum absolute atomic E-state index is 0.0684. The summed E-state index contributed by atoms with van der Waals surface area (Å²) in [4.78, 5) is 44.9. The maximum atomic E-state index is 13.7. The van der Waals surface area contributed by atoms with E-state index in [0.29, 0.717) is 48.8 Å². The first kappa shape index (κ1) is 31.6. The van der Waals surface area contributed by atoms with Crippen molar-refractivity contribution in [3.63, 3.8) is 0 Å². The molecule has 16 heteroatoms. The van der Waals surface area contributed by atoms with Crippen LogP contribution in [0.5, 0.6) is 11.5 Å². The van der Waals surface area contributed by atoms with Crippen molar-refractivity contribution in [3.05, 3.63) is 89.0 Å². The predicted molar refractivity (Wildman–Crippen MR) is 168 cm³/mol. The summed E-state index contributed by atoms with van der Waals surface area (Å²) in [5.74, 6) is 2.51. The molecular weight excluding hydrogens is 598 g/mol. The van der Waals surface area contributed by atoms with E-state index in [9.17, 15) is 34.8 Å². The number of aromatic carboxylic acids is 2. The van der Waals surface area contributed by atoms with Crippen molar-refractivity contribution in [2.45, 2.75) is 0 Å². The van der Waals surface area contributed by atoms with E-state index in [1.165, 1.54) is 42.6 Å². The third kappa shape index (κ3) is 6.48. The molecule has 240 valence electrons. The van der Waals surface area contributed by atoms with Crippen LogP contribution in [0.2, 0.25) is 0 Å². The Balaban J connectivity index is 1.52. The predicted octanol–water partition coefficient (Wildman–Crippen LogP) is 1.08. The number of carbonyl (C=O) groups is 3. The normalized spacial score (nSPS) is 15.6. The SMILES string of the molecule is CN1CCN(C(=O)c2cc(C3=CN(c4ccc(C(=O)O)c(O)c4)NN3C)nc(/C(N)=C/N(N)c3ccc(C(=O)O)c(O)c3)c2)CC1. The van der Waals surface area contributed by atoms with Crippen LogP contribution in [-0.4, -0.2) is 98.3 Å². The Morgan fingerprint density at radius 3 is 2.15 bits per heavy atom. The zero-order valence-corrected chi connectivity index (χ0v) is 25.0. The highest BCUT2D eigenvalue weighted by molar-refractivity contribution is 5.96. The number of carboxylic acid groups (broad SMARTS) is 2. The number of nitrogens with one attached hydrogen (secondary N) is 1. The first-order valence-corrected chi connectivity index (χ1v) is 14.0. The maximum Gasteiger partial charge on any atom is 0.339 e. The Kier molecular flexibility index (Phi) is 8.68. The van der Waals surface area contributed by atoms with E-state index in [4.69, 9.17) is 16.6 Å². The van der Waals surface area contributed by atoms with Crippen molar-refractivity contribution in [2.75, 3.05) is 50.3 Å². The molecule has 0 unspecified atom stereocenters. The van der Waals surface area contributed by atoms with Gasteiger partial charge in [0.1, 0.15) is 22.6 Å². The lowest BCUT2D eigenvalue weighted by molar-refractivity contribution is 0.0660. The van der Waals surface area contributed by atoms with E-state index in [1.807, 2.05) is 7.05 Å². The summed E-state index contributed by atoms with van der Waals surface area (Å²) in [6.45, 7) is 2.50. The quantitative estimate of drug-likeness (QED) is 0.136. The van der Waals surface area contributed by atoms with Crippen LogP contribution in [0.15, 0.2) is 60.9 Å². The highest BCUT2D eigenvalue weighted by Crippen LogP contribution is 2.30. The minimum Gasteiger partial charge on any atom is -0.507 e. The Morgan fingerprint density at radius 1 is 0.913 bits per heavy atom. The number of hydrogen-bond donors (Lipinski definition) is 7. The summed E-state index contributed by atoms with van der Waals surface area (Å²) in [7, 11) is 3.70. The largest absolute Gasteiger partial charge is 0.507 e. The third-order valence-electron chi connectivity index (χ3n) is 7.57. The van der Waals surface area contributed by atoms with E-state index in [0.717, 1.165) is 5.01 Å². The number of piperazine rings is 1. The Bertz CT molecular complexity index is 1770. The summed E-state index contributed by atoms with van der Waals surface area (Å²) in [5.41, 5.74) is 11.1. The fourth-order valence-corrected chi connectivity index (χ4v) is 4.95. The molecule has 0 bridgehead atoms. The van der Waals surface area contributed by atoms with E-state index in [1.54, 1.807) is 40.3 Å². The zero-order valence-electron chi connectivity index (χ0n) is 25.0. The number of aromatic hydroxyl groups is 2. The molecule has 2 aliphatic heterocycles. The molecule has 0 aliphatic carbocycles. The van der Waals surface area contributed by atoms with Crippen LogP contribution in [0.4, 0.5) is 11.4 Å². The number of likely N-dealkylation sites (N-methyl/N-ethyl adjacent to an activating group) is 1. The molecule has 1 saturated heterocycles. The maximum absolute atomic E-state index is 13.7. The minimum atomic E-state index is -1.30. The van der Waals surface area contributed by atoms with Crippen LogP contribution in [0.1, 0.15) is 42.5 Å². The number of amides is 1. The molecule has 3 aromatic rings. The van der Waals surface area contributed by atoms with Crippen LogP contribution < -0.4 is 27.1 Å². The van der Waals surface area contributed by atoms with Crippen molar-refractivity contribution in [3.8, 4) is 11.5 Å². The molecule has 0 saturated carbocycles. The molecule has 1 fully saturated rings. The molecule has 0 radical (unpaired) electrons. The fourth-order valence-electron chi connectivity index (χ4n) is 4.95. The van der Waals surface area contributed by atoms with Gasteiger partial charge in [0.05, 0.1) is 40.4 Å². The van der Waals surface area contributed by atoms with Gasteiger partial charge in [-0.25, -0.2) is 20.4 Å². The molecule has 16 nitrogen and oxygen atoms in total. The van der Waals surface area contributed by atoms with Crippen molar-refractivity contribution >= 4 is 40.6 Å². The summed E-state index contributed by atoms with van der Waals surface area (Å²) in [6.07, 6.45) is 2.99. The van der Waals surface area contributed by atoms with Crippen molar-refractivity contribution in [2.24, 2.45) is 11.6 Å². The van der Waals surface area contributed by atoms with Gasteiger partial charge in [0.15, 0.2) is 0 Å². The van der Waals surface area contributed by atoms with Crippen molar-refractivity contribution < 1.29 is 34.8 Å². The standard InChI is InChI=1S/C30H33N9O7/c1-35-7-9-37(10-8-35)28(42)17-11-23(22(31)15-38(32)18-3-5-20(29(43)44)26(40)13-18)33-24(12-17)25-16-39(34-36(25)2)19-4-6-21(30(45)46)27(41)14-19/h3-6,11-16,34,40-41H,7-10,31-32H2,1-2H3,(H,43,44)(H,45,46)/b22-15-. The summed E-state index contributed by atoms with van der Waals surface area (Å²) in [6, 6.07) is 11.1.